The quantitative estimate of drug-likeness (QED) is 0.276. The third-order valence-corrected chi connectivity index (χ3v) is 6.86. The van der Waals surface area contributed by atoms with E-state index in [1.165, 1.54) is 31.5 Å². The minimum Gasteiger partial charge on any atom is -0.496 e. The van der Waals surface area contributed by atoms with E-state index in [2.05, 4.69) is 4.98 Å². The average molecular weight is 514 g/mol. The van der Waals surface area contributed by atoms with E-state index in [4.69, 9.17) is 9.47 Å². The van der Waals surface area contributed by atoms with Crippen LogP contribution >= 0.6 is 0 Å². The van der Waals surface area contributed by atoms with Crippen molar-refractivity contribution in [2.75, 3.05) is 7.11 Å². The molecule has 0 aliphatic heterocycles. The highest BCUT2D eigenvalue weighted by molar-refractivity contribution is 6.11. The zero-order chi connectivity index (χ0) is 26.9. The molecule has 0 atom stereocenters. The summed E-state index contributed by atoms with van der Waals surface area (Å²) in [5.41, 5.74) is 0.951. The van der Waals surface area contributed by atoms with Crippen LogP contribution in [0.3, 0.4) is 0 Å². The Morgan fingerprint density at radius 2 is 1.50 bits per heavy atom. The molecule has 0 spiro atoms. The number of halogens is 1. The second kappa shape index (κ2) is 10.0. The van der Waals surface area contributed by atoms with Gasteiger partial charge in [-0.1, -0.05) is 24.3 Å². The van der Waals surface area contributed by atoms with Gasteiger partial charge in [0.05, 0.1) is 18.0 Å². The molecule has 1 aliphatic carbocycles. The molecule has 1 aliphatic rings. The first-order chi connectivity index (χ1) is 18.3. The van der Waals surface area contributed by atoms with Gasteiger partial charge in [0.1, 0.15) is 28.6 Å². The molecule has 1 aromatic heterocycles. The second-order valence-corrected chi connectivity index (χ2v) is 9.34. The molecule has 192 valence electrons. The number of pyridine rings is 1. The Labute approximate surface area is 217 Å². The molecule has 1 fully saturated rings. The predicted molar refractivity (Wildman–Crippen MR) is 137 cm³/mol. The molecule has 1 N–H and O–H groups in total. The Balaban J connectivity index is 1.28. The number of aromatic carboxylic acids is 1. The Bertz CT molecular complexity index is 1540. The van der Waals surface area contributed by atoms with Crippen LogP contribution in [0.5, 0.6) is 17.2 Å². The number of Topliss-reactive ketones (excluding diaryl/α,β-unsaturated/α-hetero) is 2. The van der Waals surface area contributed by atoms with E-state index < -0.39 is 11.4 Å². The fraction of sp³-hybridized carbons (Fsp3) is 0.200. The number of benzene rings is 3. The minimum absolute atomic E-state index is 0.00301. The first kappa shape index (κ1) is 25.1. The summed E-state index contributed by atoms with van der Waals surface area (Å²) in [7, 11) is 1.40. The number of ketones is 2. The molecule has 38 heavy (non-hydrogen) atoms. The number of hydrogen-bond donors (Lipinski definition) is 1. The molecular formula is C30H24FNO6. The molecule has 1 heterocycles. The minimum atomic E-state index is -1.12. The SMILES string of the molecule is COc1cc2c(Oc3ccc(CC(=O)C4(C(=O)Cc5ccc(F)cc5)CC4)cc3)ccnc2cc1C(=O)O. The average Bonchev–Trinajstić information content (AvgIpc) is 3.73. The van der Waals surface area contributed by atoms with Crippen LogP contribution in [0, 0.1) is 11.2 Å². The summed E-state index contributed by atoms with van der Waals surface area (Å²) in [6.45, 7) is 0. The maximum absolute atomic E-state index is 13.2. The summed E-state index contributed by atoms with van der Waals surface area (Å²) in [6.07, 6.45) is 2.84. The highest BCUT2D eigenvalue weighted by Gasteiger charge is 2.54. The van der Waals surface area contributed by atoms with E-state index in [0.29, 0.717) is 40.8 Å². The van der Waals surface area contributed by atoms with E-state index in [0.717, 1.165) is 5.56 Å². The molecule has 0 amide bonds. The van der Waals surface area contributed by atoms with Crippen LogP contribution in [0.4, 0.5) is 4.39 Å². The van der Waals surface area contributed by atoms with Gasteiger partial charge in [-0.2, -0.15) is 0 Å². The van der Waals surface area contributed by atoms with Gasteiger partial charge in [0.15, 0.2) is 11.6 Å². The van der Waals surface area contributed by atoms with Crippen LogP contribution in [-0.4, -0.2) is 34.7 Å². The highest BCUT2D eigenvalue weighted by Crippen LogP contribution is 2.48. The van der Waals surface area contributed by atoms with Crippen LogP contribution in [0.2, 0.25) is 0 Å². The third kappa shape index (κ3) is 4.98. The van der Waals surface area contributed by atoms with E-state index >= 15 is 0 Å². The number of nitrogens with zero attached hydrogens (tertiary/aromatic N) is 1. The third-order valence-electron chi connectivity index (χ3n) is 6.86. The van der Waals surface area contributed by atoms with Gasteiger partial charge in [-0.15, -0.1) is 0 Å². The molecule has 0 bridgehead atoms. The van der Waals surface area contributed by atoms with Crippen LogP contribution in [0.25, 0.3) is 10.9 Å². The van der Waals surface area contributed by atoms with Crippen LogP contribution in [-0.2, 0) is 22.4 Å². The number of carboxylic acids is 1. The lowest BCUT2D eigenvalue weighted by Gasteiger charge is -2.14. The Morgan fingerprint density at radius 1 is 0.895 bits per heavy atom. The van der Waals surface area contributed by atoms with Gasteiger partial charge in [0.2, 0.25) is 0 Å². The number of carbonyl (C=O) groups excluding carboxylic acids is 2. The van der Waals surface area contributed by atoms with Crippen molar-refractivity contribution in [2.45, 2.75) is 25.7 Å². The first-order valence-electron chi connectivity index (χ1n) is 12.1. The van der Waals surface area contributed by atoms with Gasteiger partial charge in [0.25, 0.3) is 0 Å². The maximum atomic E-state index is 13.2. The summed E-state index contributed by atoms with van der Waals surface area (Å²) < 4.78 is 24.4. The van der Waals surface area contributed by atoms with Gasteiger partial charge in [-0.3, -0.25) is 14.6 Å². The van der Waals surface area contributed by atoms with Gasteiger partial charge < -0.3 is 14.6 Å². The van der Waals surface area contributed by atoms with Crippen molar-refractivity contribution < 1.29 is 33.4 Å². The van der Waals surface area contributed by atoms with Crippen molar-refractivity contribution in [3.05, 3.63) is 95.4 Å². The van der Waals surface area contributed by atoms with Crippen LogP contribution < -0.4 is 9.47 Å². The molecule has 8 heteroatoms. The number of carboxylic acid groups (broad SMARTS) is 1. The second-order valence-electron chi connectivity index (χ2n) is 9.34. The van der Waals surface area contributed by atoms with E-state index in [-0.39, 0.29) is 41.5 Å². The number of carbonyl (C=O) groups is 3. The van der Waals surface area contributed by atoms with E-state index in [9.17, 15) is 23.9 Å². The van der Waals surface area contributed by atoms with Gasteiger partial charge >= 0.3 is 5.97 Å². The fourth-order valence-corrected chi connectivity index (χ4v) is 4.52. The summed E-state index contributed by atoms with van der Waals surface area (Å²) in [5.74, 6) is -0.539. The molecule has 0 unspecified atom stereocenters. The van der Waals surface area contributed by atoms with Crippen molar-refractivity contribution in [1.29, 1.82) is 0 Å². The van der Waals surface area contributed by atoms with E-state index in [1.54, 1.807) is 48.5 Å². The smallest absolute Gasteiger partial charge is 0.339 e. The first-order valence-corrected chi connectivity index (χ1v) is 12.1. The lowest BCUT2D eigenvalue weighted by Crippen LogP contribution is -2.28. The number of methoxy groups -OCH3 is 1. The molecule has 3 aromatic carbocycles. The summed E-state index contributed by atoms with van der Waals surface area (Å²) >= 11 is 0. The number of ether oxygens (including phenoxy) is 2. The van der Waals surface area contributed by atoms with Crippen molar-refractivity contribution in [3.63, 3.8) is 0 Å². The standard InChI is InChI=1S/C30H24FNO6/c1-37-26-17-22-24(16-23(26)29(35)36)32-13-10-25(22)38-21-8-4-19(5-9-21)15-28(34)30(11-12-30)27(33)14-18-2-6-20(31)7-3-18/h2-10,13,16-17H,11-12,14-15H2,1H3,(H,35,36). The lowest BCUT2D eigenvalue weighted by atomic mass is 9.88. The molecule has 4 aromatic rings. The van der Waals surface area contributed by atoms with Crippen molar-refractivity contribution in [3.8, 4) is 17.2 Å². The van der Waals surface area contributed by atoms with Gasteiger partial charge in [0, 0.05) is 24.4 Å². The maximum Gasteiger partial charge on any atom is 0.339 e. The zero-order valence-corrected chi connectivity index (χ0v) is 20.6. The molecule has 0 saturated heterocycles. The monoisotopic (exact) mass is 513 g/mol. The van der Waals surface area contributed by atoms with Crippen LogP contribution in [0.1, 0.15) is 34.3 Å². The molecule has 7 nitrogen and oxygen atoms in total. The van der Waals surface area contributed by atoms with Crippen molar-refractivity contribution in [2.24, 2.45) is 5.41 Å². The number of hydrogen-bond acceptors (Lipinski definition) is 6. The normalized spacial score (nSPS) is 13.6. The summed E-state index contributed by atoms with van der Waals surface area (Å²) in [5, 5.41) is 10.0. The zero-order valence-electron chi connectivity index (χ0n) is 20.6. The molecule has 0 radical (unpaired) electrons. The fourth-order valence-electron chi connectivity index (χ4n) is 4.52. The van der Waals surface area contributed by atoms with Crippen molar-refractivity contribution >= 4 is 28.4 Å². The lowest BCUT2D eigenvalue weighted by molar-refractivity contribution is -0.133. The number of rotatable bonds is 10. The Kier molecular flexibility index (Phi) is 6.63. The predicted octanol–water partition coefficient (Wildman–Crippen LogP) is 5.58. The van der Waals surface area contributed by atoms with E-state index in [1.807, 2.05) is 0 Å². The molecule has 1 saturated carbocycles. The number of aromatic nitrogens is 1. The highest BCUT2D eigenvalue weighted by atomic mass is 19.1. The van der Waals surface area contributed by atoms with Crippen molar-refractivity contribution in [1.82, 2.24) is 4.98 Å². The topological polar surface area (TPSA) is 103 Å². The van der Waals surface area contributed by atoms with Gasteiger partial charge in [-0.25, -0.2) is 9.18 Å². The van der Waals surface area contributed by atoms with Crippen LogP contribution in [0.15, 0.2) is 72.9 Å². The van der Waals surface area contributed by atoms with Gasteiger partial charge in [-0.05, 0) is 66.4 Å². The Hall–Kier alpha value is -4.59. The largest absolute Gasteiger partial charge is 0.496 e. The summed E-state index contributed by atoms with van der Waals surface area (Å²) in [4.78, 5) is 41.7. The summed E-state index contributed by atoms with van der Waals surface area (Å²) in [6, 6.07) is 17.5. The number of fused-ring (bicyclic) bond motifs is 1. The Morgan fingerprint density at radius 3 is 2.05 bits per heavy atom. The molecule has 5 rings (SSSR count). The molecular weight excluding hydrogens is 489 g/mol.